The van der Waals surface area contributed by atoms with Gasteiger partial charge in [0, 0.05) is 19.0 Å². The lowest BCUT2D eigenvalue weighted by Gasteiger charge is -2.32. The van der Waals surface area contributed by atoms with Crippen molar-refractivity contribution in [3.63, 3.8) is 0 Å². The minimum Gasteiger partial charge on any atom is -0.341 e. The van der Waals surface area contributed by atoms with E-state index < -0.39 is 6.04 Å². The topological polar surface area (TPSA) is 59.2 Å². The molecule has 1 aromatic heterocycles. The van der Waals surface area contributed by atoms with E-state index in [1.165, 1.54) is 9.71 Å². The number of amides is 1. The zero-order chi connectivity index (χ0) is 14.1. The maximum atomic E-state index is 11.9. The average Bonchev–Trinajstić information content (AvgIpc) is 2.90. The number of para-hydroxylation sites is 1. The molecule has 1 saturated heterocycles. The molecule has 0 radical (unpaired) electrons. The highest BCUT2D eigenvalue weighted by Gasteiger charge is 2.26. The third-order valence-electron chi connectivity index (χ3n) is 3.86. The Labute approximate surface area is 146 Å². The second-order valence-electron chi connectivity index (χ2n) is 5.41. The fourth-order valence-electron chi connectivity index (χ4n) is 2.70. The molecule has 0 aliphatic carbocycles. The number of thiazole rings is 1. The van der Waals surface area contributed by atoms with Crippen LogP contribution in [0.5, 0.6) is 0 Å². The second kappa shape index (κ2) is 8.11. The van der Waals surface area contributed by atoms with Gasteiger partial charge in [0.15, 0.2) is 0 Å². The fraction of sp³-hybridized carbons (Fsp3) is 0.467. The van der Waals surface area contributed by atoms with Crippen molar-refractivity contribution >= 4 is 52.3 Å². The van der Waals surface area contributed by atoms with Gasteiger partial charge < -0.3 is 10.6 Å². The molecule has 22 heavy (non-hydrogen) atoms. The molecule has 3 rings (SSSR count). The Morgan fingerprint density at radius 3 is 2.55 bits per heavy atom. The van der Waals surface area contributed by atoms with E-state index in [1.807, 2.05) is 17.0 Å². The SMILES string of the molecule is C[C@@H](N)C(=O)N1CCC(c2nc3ccccc3s2)CC1.Cl.Cl. The number of carbonyl (C=O) groups excluding carboxylic acids is 1. The highest BCUT2D eigenvalue weighted by Crippen LogP contribution is 2.33. The Morgan fingerprint density at radius 2 is 1.95 bits per heavy atom. The summed E-state index contributed by atoms with van der Waals surface area (Å²) in [6, 6.07) is 7.85. The van der Waals surface area contributed by atoms with Crippen LogP contribution in [-0.4, -0.2) is 34.9 Å². The standard InChI is InChI=1S/C15H19N3OS.2ClH/c1-10(16)15(19)18-8-6-11(7-9-18)14-17-12-4-2-3-5-13(12)20-14;;/h2-5,10-11H,6-9,16H2,1H3;2*1H/t10-;;/m1../s1. The lowest BCUT2D eigenvalue weighted by Crippen LogP contribution is -2.45. The molecule has 2 N–H and O–H groups in total. The maximum absolute atomic E-state index is 11.9. The van der Waals surface area contributed by atoms with Crippen LogP contribution in [0.2, 0.25) is 0 Å². The van der Waals surface area contributed by atoms with Gasteiger partial charge in [-0.15, -0.1) is 36.2 Å². The molecule has 1 aromatic carbocycles. The monoisotopic (exact) mass is 361 g/mol. The molecule has 0 spiro atoms. The van der Waals surface area contributed by atoms with Gasteiger partial charge in [-0.25, -0.2) is 4.98 Å². The van der Waals surface area contributed by atoms with Crippen LogP contribution < -0.4 is 5.73 Å². The molecule has 0 unspecified atom stereocenters. The smallest absolute Gasteiger partial charge is 0.239 e. The Hall–Kier alpha value is -0.880. The molecular weight excluding hydrogens is 341 g/mol. The minimum atomic E-state index is -0.394. The van der Waals surface area contributed by atoms with Crippen molar-refractivity contribution in [1.29, 1.82) is 0 Å². The first-order valence-electron chi connectivity index (χ1n) is 7.05. The molecule has 4 nitrogen and oxygen atoms in total. The van der Waals surface area contributed by atoms with Crippen LogP contribution in [0.3, 0.4) is 0 Å². The number of benzene rings is 1. The number of carbonyl (C=O) groups is 1. The number of likely N-dealkylation sites (tertiary alicyclic amines) is 1. The summed E-state index contributed by atoms with van der Waals surface area (Å²) in [5, 5.41) is 1.21. The van der Waals surface area contributed by atoms with E-state index in [0.29, 0.717) is 5.92 Å². The van der Waals surface area contributed by atoms with Crippen LogP contribution >= 0.6 is 36.2 Å². The van der Waals surface area contributed by atoms with Crippen molar-refractivity contribution in [1.82, 2.24) is 9.88 Å². The summed E-state index contributed by atoms with van der Waals surface area (Å²) < 4.78 is 1.25. The first-order valence-corrected chi connectivity index (χ1v) is 7.86. The van der Waals surface area contributed by atoms with Crippen molar-refractivity contribution < 1.29 is 4.79 Å². The van der Waals surface area contributed by atoms with Crippen molar-refractivity contribution in [2.24, 2.45) is 5.73 Å². The lowest BCUT2D eigenvalue weighted by molar-refractivity contribution is -0.133. The molecule has 1 fully saturated rings. The second-order valence-corrected chi connectivity index (χ2v) is 6.47. The molecule has 0 bridgehead atoms. The Bertz CT molecular complexity index is 591. The molecule has 1 aliphatic heterocycles. The average molecular weight is 362 g/mol. The Kier molecular flexibility index (Phi) is 7.06. The Morgan fingerprint density at radius 1 is 1.32 bits per heavy atom. The minimum absolute atomic E-state index is 0. The highest BCUT2D eigenvalue weighted by atomic mass is 35.5. The number of nitrogens with two attached hydrogens (primary N) is 1. The van der Waals surface area contributed by atoms with Gasteiger partial charge in [0.1, 0.15) is 0 Å². The number of hydrogen-bond acceptors (Lipinski definition) is 4. The van der Waals surface area contributed by atoms with Crippen LogP contribution in [0.4, 0.5) is 0 Å². The predicted octanol–water partition coefficient (Wildman–Crippen LogP) is 3.19. The zero-order valence-electron chi connectivity index (χ0n) is 12.4. The summed E-state index contributed by atoms with van der Waals surface area (Å²) in [6.45, 7) is 3.34. The number of halogens is 2. The molecule has 1 amide bonds. The van der Waals surface area contributed by atoms with Gasteiger partial charge in [-0.05, 0) is 31.9 Å². The third kappa shape index (κ3) is 3.90. The zero-order valence-corrected chi connectivity index (χ0v) is 14.8. The van der Waals surface area contributed by atoms with E-state index >= 15 is 0 Å². The van der Waals surface area contributed by atoms with Gasteiger partial charge in [-0.1, -0.05) is 12.1 Å². The molecule has 7 heteroatoms. The van der Waals surface area contributed by atoms with E-state index in [-0.39, 0.29) is 30.7 Å². The van der Waals surface area contributed by atoms with Crippen molar-refractivity contribution in [3.05, 3.63) is 29.3 Å². The van der Waals surface area contributed by atoms with Crippen molar-refractivity contribution in [3.8, 4) is 0 Å². The molecule has 1 atom stereocenters. The number of hydrogen-bond donors (Lipinski definition) is 1. The molecule has 1 aliphatic rings. The van der Waals surface area contributed by atoms with E-state index in [4.69, 9.17) is 10.7 Å². The van der Waals surface area contributed by atoms with Gasteiger partial charge in [-0.2, -0.15) is 0 Å². The van der Waals surface area contributed by atoms with Crippen LogP contribution in [0.25, 0.3) is 10.2 Å². The molecular formula is C15H21Cl2N3OS. The molecule has 122 valence electrons. The summed E-state index contributed by atoms with van der Waals surface area (Å²) in [4.78, 5) is 18.5. The summed E-state index contributed by atoms with van der Waals surface area (Å²) in [5.74, 6) is 0.539. The number of piperidine rings is 1. The summed E-state index contributed by atoms with van der Waals surface area (Å²) in [5.41, 5.74) is 6.75. The lowest BCUT2D eigenvalue weighted by atomic mass is 9.97. The number of nitrogens with zero attached hydrogens (tertiary/aromatic N) is 2. The molecule has 2 heterocycles. The summed E-state index contributed by atoms with van der Waals surface area (Å²) in [7, 11) is 0. The van der Waals surface area contributed by atoms with Gasteiger partial charge in [0.2, 0.25) is 5.91 Å². The van der Waals surface area contributed by atoms with Crippen LogP contribution in [0, 0.1) is 0 Å². The predicted molar refractivity (Wildman–Crippen MR) is 96.3 cm³/mol. The fourth-order valence-corrected chi connectivity index (χ4v) is 3.84. The van der Waals surface area contributed by atoms with Gasteiger partial charge in [-0.3, -0.25) is 4.79 Å². The van der Waals surface area contributed by atoms with E-state index in [1.54, 1.807) is 18.3 Å². The first-order chi connectivity index (χ1) is 9.65. The summed E-state index contributed by atoms with van der Waals surface area (Å²) >= 11 is 1.78. The van der Waals surface area contributed by atoms with E-state index in [9.17, 15) is 4.79 Å². The van der Waals surface area contributed by atoms with Crippen LogP contribution in [0.1, 0.15) is 30.7 Å². The number of rotatable bonds is 2. The third-order valence-corrected chi connectivity index (χ3v) is 5.05. The van der Waals surface area contributed by atoms with Crippen LogP contribution in [0.15, 0.2) is 24.3 Å². The Balaban J connectivity index is 0.00000121. The maximum Gasteiger partial charge on any atom is 0.239 e. The van der Waals surface area contributed by atoms with Gasteiger partial charge >= 0.3 is 0 Å². The first kappa shape index (κ1) is 19.2. The summed E-state index contributed by atoms with van der Waals surface area (Å²) in [6.07, 6.45) is 1.97. The quantitative estimate of drug-likeness (QED) is 0.893. The molecule has 0 saturated carbocycles. The van der Waals surface area contributed by atoms with Gasteiger partial charge in [0.25, 0.3) is 0 Å². The van der Waals surface area contributed by atoms with E-state index in [0.717, 1.165) is 31.4 Å². The normalized spacial score (nSPS) is 16.7. The molecule has 2 aromatic rings. The number of fused-ring (bicyclic) bond motifs is 1. The highest BCUT2D eigenvalue weighted by molar-refractivity contribution is 7.18. The van der Waals surface area contributed by atoms with Crippen LogP contribution in [-0.2, 0) is 4.79 Å². The number of aromatic nitrogens is 1. The van der Waals surface area contributed by atoms with Crippen molar-refractivity contribution in [2.75, 3.05) is 13.1 Å². The van der Waals surface area contributed by atoms with Crippen molar-refractivity contribution in [2.45, 2.75) is 31.7 Å². The van der Waals surface area contributed by atoms with E-state index in [2.05, 4.69) is 12.1 Å². The largest absolute Gasteiger partial charge is 0.341 e. The van der Waals surface area contributed by atoms with Gasteiger partial charge in [0.05, 0.1) is 21.3 Å².